The van der Waals surface area contributed by atoms with E-state index >= 15 is 0 Å². The first-order valence-electron chi connectivity index (χ1n) is 8.03. The number of para-hydroxylation sites is 2. The van der Waals surface area contributed by atoms with Gasteiger partial charge in [0, 0.05) is 5.02 Å². The minimum Gasteiger partial charge on any atom is -0.489 e. The smallest absolute Gasteiger partial charge is 0.356 e. The van der Waals surface area contributed by atoms with E-state index in [-0.39, 0.29) is 6.61 Å². The van der Waals surface area contributed by atoms with Crippen LogP contribution >= 0.6 is 23.2 Å². The Morgan fingerprint density at radius 3 is 2.72 bits per heavy atom. The van der Waals surface area contributed by atoms with Crippen LogP contribution in [0.15, 0.2) is 42.5 Å². The van der Waals surface area contributed by atoms with Gasteiger partial charge in [0.2, 0.25) is 0 Å². The lowest BCUT2D eigenvalue weighted by Crippen LogP contribution is -2.43. The van der Waals surface area contributed by atoms with E-state index in [0.29, 0.717) is 28.3 Å². The minimum atomic E-state index is -0.741. The van der Waals surface area contributed by atoms with E-state index in [0.717, 1.165) is 17.6 Å². The lowest BCUT2D eigenvalue weighted by molar-refractivity contribution is -0.665. The number of imidazole rings is 1. The number of halogens is 2. The zero-order valence-corrected chi connectivity index (χ0v) is 15.3. The van der Waals surface area contributed by atoms with Crippen LogP contribution in [-0.4, -0.2) is 22.4 Å². The van der Waals surface area contributed by atoms with Crippen LogP contribution in [0.2, 0.25) is 10.0 Å². The molecule has 2 aromatic carbocycles. The van der Waals surface area contributed by atoms with E-state index in [9.17, 15) is 5.11 Å². The molecular formula is C18H20Cl2N3O2+. The third-order valence-electron chi connectivity index (χ3n) is 4.05. The number of nitrogens with zero attached hydrogens (tertiary/aromatic N) is 2. The van der Waals surface area contributed by atoms with E-state index in [1.54, 1.807) is 18.2 Å². The molecule has 0 aliphatic heterocycles. The van der Waals surface area contributed by atoms with Gasteiger partial charge in [-0.1, -0.05) is 35.3 Å². The Kier molecular flexibility index (Phi) is 5.37. The highest BCUT2D eigenvalue weighted by Gasteiger charge is 2.22. The van der Waals surface area contributed by atoms with Gasteiger partial charge in [0.05, 0.1) is 11.6 Å². The highest BCUT2D eigenvalue weighted by Crippen LogP contribution is 2.27. The summed E-state index contributed by atoms with van der Waals surface area (Å²) in [5, 5.41) is 11.3. The van der Waals surface area contributed by atoms with Gasteiger partial charge in [-0.05, 0) is 37.3 Å². The van der Waals surface area contributed by atoms with Crippen LogP contribution in [0.4, 0.5) is 5.95 Å². The number of hydrogen-bond acceptors (Lipinski definition) is 3. The van der Waals surface area contributed by atoms with Crippen molar-refractivity contribution < 1.29 is 14.4 Å². The van der Waals surface area contributed by atoms with Crippen molar-refractivity contribution in [3.63, 3.8) is 0 Å². The molecule has 3 aromatic rings. The van der Waals surface area contributed by atoms with Crippen molar-refractivity contribution in [2.75, 3.05) is 12.3 Å². The molecule has 0 saturated carbocycles. The molecule has 5 nitrogen and oxygen atoms in total. The Morgan fingerprint density at radius 2 is 2.00 bits per heavy atom. The first-order chi connectivity index (χ1) is 12.0. The quantitative estimate of drug-likeness (QED) is 0.644. The van der Waals surface area contributed by atoms with Gasteiger partial charge in [-0.3, -0.25) is 5.73 Å². The minimum absolute atomic E-state index is 0.0967. The Morgan fingerprint density at radius 1 is 1.24 bits per heavy atom. The summed E-state index contributed by atoms with van der Waals surface area (Å²) in [5.74, 6) is 1.09. The molecule has 0 saturated heterocycles. The van der Waals surface area contributed by atoms with Crippen LogP contribution in [0.25, 0.3) is 11.0 Å². The number of benzene rings is 2. The number of aliphatic hydroxyl groups excluding tert-OH is 1. The number of anilines is 1. The summed E-state index contributed by atoms with van der Waals surface area (Å²) in [7, 11) is 0. The van der Waals surface area contributed by atoms with Gasteiger partial charge in [0.1, 0.15) is 36.0 Å². The number of nitrogen functional groups attached to an aromatic ring is 1. The van der Waals surface area contributed by atoms with Crippen molar-refractivity contribution in [1.82, 2.24) is 4.57 Å². The average Bonchev–Trinajstić information content (AvgIpc) is 2.86. The van der Waals surface area contributed by atoms with Crippen LogP contribution in [0.5, 0.6) is 5.75 Å². The summed E-state index contributed by atoms with van der Waals surface area (Å²) < 4.78 is 9.52. The second kappa shape index (κ2) is 7.52. The highest BCUT2D eigenvalue weighted by molar-refractivity contribution is 6.35. The second-order valence-electron chi connectivity index (χ2n) is 5.74. The molecule has 0 aliphatic rings. The van der Waals surface area contributed by atoms with Crippen LogP contribution < -0.4 is 15.0 Å². The second-order valence-corrected chi connectivity index (χ2v) is 6.58. The topological polar surface area (TPSA) is 64.3 Å². The van der Waals surface area contributed by atoms with Gasteiger partial charge in [-0.15, -0.1) is 0 Å². The van der Waals surface area contributed by atoms with Crippen LogP contribution in [-0.2, 0) is 13.1 Å². The van der Waals surface area contributed by atoms with Crippen molar-refractivity contribution in [2.45, 2.75) is 26.1 Å². The Hall–Kier alpha value is -1.95. The predicted octanol–water partition coefficient (Wildman–Crippen LogP) is 3.28. The molecule has 0 fully saturated rings. The normalized spacial score (nSPS) is 12.5. The maximum Gasteiger partial charge on any atom is 0.356 e. The molecule has 1 heterocycles. The van der Waals surface area contributed by atoms with E-state index in [2.05, 4.69) is 0 Å². The molecule has 0 radical (unpaired) electrons. The number of ether oxygens (including phenoxy) is 1. The molecule has 132 valence electrons. The first kappa shape index (κ1) is 17.9. The molecule has 25 heavy (non-hydrogen) atoms. The molecule has 0 spiro atoms. The third kappa shape index (κ3) is 3.68. The zero-order valence-electron chi connectivity index (χ0n) is 13.8. The molecule has 0 bridgehead atoms. The van der Waals surface area contributed by atoms with Gasteiger partial charge in [-0.2, -0.15) is 0 Å². The molecule has 1 unspecified atom stereocenters. The molecule has 3 rings (SSSR count). The van der Waals surface area contributed by atoms with Crippen molar-refractivity contribution in [1.29, 1.82) is 0 Å². The summed E-state index contributed by atoms with van der Waals surface area (Å²) >= 11 is 11.9. The lowest BCUT2D eigenvalue weighted by atomic mass is 10.3. The summed E-state index contributed by atoms with van der Waals surface area (Å²) in [6.45, 7) is 3.21. The summed E-state index contributed by atoms with van der Waals surface area (Å²) in [6.07, 6.45) is -0.741. The Bertz CT molecular complexity index is 895. The first-order valence-corrected chi connectivity index (χ1v) is 8.79. The number of nitrogens with two attached hydrogens (primary N) is 1. The number of aromatic nitrogens is 2. The van der Waals surface area contributed by atoms with E-state index < -0.39 is 6.10 Å². The van der Waals surface area contributed by atoms with E-state index in [1.807, 2.05) is 40.3 Å². The fraction of sp³-hybridized carbons (Fsp3) is 0.278. The number of hydrogen-bond donors (Lipinski definition) is 2. The van der Waals surface area contributed by atoms with Crippen molar-refractivity contribution >= 4 is 40.2 Å². The van der Waals surface area contributed by atoms with Crippen LogP contribution in [0.1, 0.15) is 6.92 Å². The predicted molar refractivity (Wildman–Crippen MR) is 100 cm³/mol. The largest absolute Gasteiger partial charge is 0.489 e. The summed E-state index contributed by atoms with van der Waals surface area (Å²) in [5.41, 5.74) is 8.28. The number of rotatable bonds is 6. The molecule has 3 N–H and O–H groups in total. The Labute approximate surface area is 156 Å². The van der Waals surface area contributed by atoms with Crippen LogP contribution in [0.3, 0.4) is 0 Å². The maximum atomic E-state index is 10.4. The van der Waals surface area contributed by atoms with E-state index in [1.165, 1.54) is 0 Å². The van der Waals surface area contributed by atoms with Gasteiger partial charge in [0.25, 0.3) is 0 Å². The number of aryl methyl sites for hydroxylation is 1. The van der Waals surface area contributed by atoms with Gasteiger partial charge < -0.3 is 9.84 Å². The monoisotopic (exact) mass is 380 g/mol. The van der Waals surface area contributed by atoms with E-state index in [4.69, 9.17) is 33.7 Å². The molecular weight excluding hydrogens is 361 g/mol. The van der Waals surface area contributed by atoms with Crippen LogP contribution in [0, 0.1) is 0 Å². The zero-order chi connectivity index (χ0) is 18.0. The summed E-state index contributed by atoms with van der Waals surface area (Å²) in [6, 6.07) is 12.9. The van der Waals surface area contributed by atoms with Crippen molar-refractivity contribution in [3.8, 4) is 5.75 Å². The number of fused-ring (bicyclic) bond motifs is 1. The van der Waals surface area contributed by atoms with Crippen molar-refractivity contribution in [3.05, 3.63) is 52.5 Å². The standard InChI is InChI=1S/C18H19Cl2N3O2/c1-2-22-15-5-3-4-6-16(15)23(18(22)21)10-13(24)11-25-17-8-7-12(19)9-14(17)20/h3-9,13,21,24H,2,10-11H2,1H3/p+1. The highest BCUT2D eigenvalue weighted by atomic mass is 35.5. The molecule has 0 aliphatic carbocycles. The van der Waals surface area contributed by atoms with Gasteiger partial charge in [0.15, 0.2) is 0 Å². The summed E-state index contributed by atoms with van der Waals surface area (Å²) in [4.78, 5) is 0. The molecule has 0 amide bonds. The van der Waals surface area contributed by atoms with Gasteiger partial charge >= 0.3 is 5.95 Å². The SMILES string of the molecule is CCn1c(N)[n+](CC(O)COc2ccc(Cl)cc2Cl)c2ccccc21. The fourth-order valence-corrected chi connectivity index (χ4v) is 3.34. The maximum absolute atomic E-state index is 10.4. The molecule has 1 aromatic heterocycles. The average molecular weight is 381 g/mol. The van der Waals surface area contributed by atoms with Gasteiger partial charge in [-0.25, -0.2) is 9.13 Å². The fourth-order valence-electron chi connectivity index (χ4n) is 2.88. The lowest BCUT2D eigenvalue weighted by Gasteiger charge is -2.13. The molecule has 7 heteroatoms. The number of aliphatic hydroxyl groups is 1. The Balaban J connectivity index is 1.76. The molecule has 1 atom stereocenters. The van der Waals surface area contributed by atoms with Crippen molar-refractivity contribution in [2.24, 2.45) is 0 Å². The third-order valence-corrected chi connectivity index (χ3v) is 4.58.